The van der Waals surface area contributed by atoms with E-state index >= 15 is 0 Å². The molecular formula is C11H13N3O2. The van der Waals surface area contributed by atoms with Crippen LogP contribution in [-0.2, 0) is 6.42 Å². The van der Waals surface area contributed by atoms with Crippen molar-refractivity contribution in [2.45, 2.75) is 20.3 Å². The molecule has 0 bridgehead atoms. The first-order valence-electron chi connectivity index (χ1n) is 5.07. The first kappa shape index (κ1) is 10.6. The lowest BCUT2D eigenvalue weighted by Crippen LogP contribution is -1.99. The summed E-state index contributed by atoms with van der Waals surface area (Å²) in [5, 5.41) is 3.81. The van der Waals surface area contributed by atoms with Crippen LogP contribution in [0.2, 0.25) is 0 Å². The van der Waals surface area contributed by atoms with E-state index in [2.05, 4.69) is 22.0 Å². The van der Waals surface area contributed by atoms with Crippen molar-refractivity contribution in [3.05, 3.63) is 23.7 Å². The van der Waals surface area contributed by atoms with E-state index < -0.39 is 0 Å². The van der Waals surface area contributed by atoms with Crippen LogP contribution in [0.15, 0.2) is 17.0 Å². The van der Waals surface area contributed by atoms with Crippen molar-refractivity contribution in [3.8, 4) is 17.3 Å². The number of methoxy groups -OCH3 is 1. The molecule has 16 heavy (non-hydrogen) atoms. The number of nitrogens with zero attached hydrogens (tertiary/aromatic N) is 3. The quantitative estimate of drug-likeness (QED) is 0.790. The van der Waals surface area contributed by atoms with Crippen LogP contribution in [0.3, 0.4) is 0 Å². The Balaban J connectivity index is 2.55. The molecule has 0 fully saturated rings. The predicted octanol–water partition coefficient (Wildman–Crippen LogP) is 2.01. The van der Waals surface area contributed by atoms with Crippen molar-refractivity contribution in [2.24, 2.45) is 0 Å². The summed E-state index contributed by atoms with van der Waals surface area (Å²) < 4.78 is 9.95. The molecule has 0 unspecified atom stereocenters. The Morgan fingerprint density at radius 1 is 1.44 bits per heavy atom. The molecule has 2 aromatic heterocycles. The normalized spacial score (nSPS) is 10.4. The van der Waals surface area contributed by atoms with Gasteiger partial charge in [0.15, 0.2) is 0 Å². The molecule has 0 saturated heterocycles. The molecule has 0 atom stereocenters. The van der Waals surface area contributed by atoms with Gasteiger partial charge in [-0.2, -0.15) is 4.98 Å². The number of ether oxygens (including phenoxy) is 1. The highest BCUT2D eigenvalue weighted by Gasteiger charge is 2.12. The summed E-state index contributed by atoms with van der Waals surface area (Å²) in [6, 6.07) is 1.99. The van der Waals surface area contributed by atoms with E-state index in [1.807, 2.05) is 13.0 Å². The van der Waals surface area contributed by atoms with Gasteiger partial charge in [0.2, 0.25) is 18.1 Å². The highest BCUT2D eigenvalue weighted by molar-refractivity contribution is 5.59. The molecular weight excluding hydrogens is 206 g/mol. The van der Waals surface area contributed by atoms with E-state index in [9.17, 15) is 0 Å². The zero-order valence-corrected chi connectivity index (χ0v) is 9.52. The van der Waals surface area contributed by atoms with Crippen molar-refractivity contribution in [1.82, 2.24) is 15.1 Å². The lowest BCUT2D eigenvalue weighted by Gasteiger charge is -2.09. The van der Waals surface area contributed by atoms with Gasteiger partial charge in [0, 0.05) is 11.1 Å². The Bertz CT molecular complexity index is 480. The minimum Gasteiger partial charge on any atom is -0.481 e. The smallest absolute Gasteiger partial charge is 0.216 e. The van der Waals surface area contributed by atoms with Gasteiger partial charge in [-0.15, -0.1) is 0 Å². The highest BCUT2D eigenvalue weighted by Crippen LogP contribution is 2.25. The molecule has 2 aromatic rings. The number of hydrogen-bond donors (Lipinski definition) is 0. The molecule has 5 heteroatoms. The summed E-state index contributed by atoms with van der Waals surface area (Å²) in [4.78, 5) is 8.39. The van der Waals surface area contributed by atoms with Gasteiger partial charge in [-0.1, -0.05) is 12.1 Å². The number of aryl methyl sites for hydroxylation is 2. The standard InChI is InChI=1S/C11H13N3O2/c1-4-8-5-9(10-12-6-16-14-10)7(2)13-11(8)15-3/h5-6H,4H2,1-3H3. The maximum Gasteiger partial charge on any atom is 0.216 e. The first-order chi connectivity index (χ1) is 7.76. The van der Waals surface area contributed by atoms with Crippen molar-refractivity contribution < 1.29 is 9.26 Å². The molecule has 84 valence electrons. The van der Waals surface area contributed by atoms with Gasteiger partial charge in [-0.3, -0.25) is 0 Å². The molecule has 0 aliphatic heterocycles. The van der Waals surface area contributed by atoms with E-state index in [0.29, 0.717) is 11.7 Å². The number of rotatable bonds is 3. The Kier molecular flexibility index (Phi) is 2.85. The molecule has 0 saturated carbocycles. The molecule has 5 nitrogen and oxygen atoms in total. The molecule has 2 heterocycles. The van der Waals surface area contributed by atoms with E-state index in [1.165, 1.54) is 6.39 Å². The van der Waals surface area contributed by atoms with Crippen LogP contribution in [0.1, 0.15) is 18.2 Å². The summed E-state index contributed by atoms with van der Waals surface area (Å²) in [6.45, 7) is 3.95. The number of aromatic nitrogens is 3. The second-order valence-electron chi connectivity index (χ2n) is 3.40. The Labute approximate surface area is 93.5 Å². The zero-order chi connectivity index (χ0) is 11.5. The largest absolute Gasteiger partial charge is 0.481 e. The van der Waals surface area contributed by atoms with Crippen LogP contribution >= 0.6 is 0 Å². The van der Waals surface area contributed by atoms with Crippen LogP contribution in [0.25, 0.3) is 11.4 Å². The summed E-state index contributed by atoms with van der Waals surface area (Å²) >= 11 is 0. The van der Waals surface area contributed by atoms with Gasteiger partial charge >= 0.3 is 0 Å². The monoisotopic (exact) mass is 219 g/mol. The van der Waals surface area contributed by atoms with Crippen LogP contribution in [0, 0.1) is 6.92 Å². The van der Waals surface area contributed by atoms with Gasteiger partial charge in [-0.05, 0) is 19.4 Å². The molecule has 2 rings (SSSR count). The topological polar surface area (TPSA) is 61.0 Å². The first-order valence-corrected chi connectivity index (χ1v) is 5.07. The molecule has 0 aromatic carbocycles. The maximum absolute atomic E-state index is 5.21. The van der Waals surface area contributed by atoms with Crippen LogP contribution < -0.4 is 4.74 Å². The lowest BCUT2D eigenvalue weighted by molar-refractivity contribution is 0.392. The van der Waals surface area contributed by atoms with E-state index in [1.54, 1.807) is 7.11 Å². The average Bonchev–Trinajstić information content (AvgIpc) is 2.82. The highest BCUT2D eigenvalue weighted by atomic mass is 16.5. The lowest BCUT2D eigenvalue weighted by atomic mass is 10.1. The maximum atomic E-state index is 5.21. The minimum atomic E-state index is 0.558. The summed E-state index contributed by atoms with van der Waals surface area (Å²) in [6.07, 6.45) is 2.16. The molecule has 0 N–H and O–H groups in total. The molecule has 0 radical (unpaired) electrons. The van der Waals surface area contributed by atoms with Gasteiger partial charge in [0.1, 0.15) is 0 Å². The van der Waals surface area contributed by atoms with Gasteiger partial charge in [0.25, 0.3) is 0 Å². The van der Waals surface area contributed by atoms with Crippen LogP contribution in [-0.4, -0.2) is 22.2 Å². The zero-order valence-electron chi connectivity index (χ0n) is 9.52. The minimum absolute atomic E-state index is 0.558. The van der Waals surface area contributed by atoms with E-state index in [0.717, 1.165) is 23.2 Å². The average molecular weight is 219 g/mol. The predicted molar refractivity (Wildman–Crippen MR) is 58.2 cm³/mol. The Hall–Kier alpha value is -1.91. The van der Waals surface area contributed by atoms with E-state index in [4.69, 9.17) is 9.26 Å². The Morgan fingerprint density at radius 3 is 2.81 bits per heavy atom. The Morgan fingerprint density at radius 2 is 2.25 bits per heavy atom. The third-order valence-corrected chi connectivity index (χ3v) is 2.43. The number of pyridine rings is 1. The van der Waals surface area contributed by atoms with E-state index in [-0.39, 0.29) is 0 Å². The molecule has 0 amide bonds. The molecule has 0 aliphatic rings. The fraction of sp³-hybridized carbons (Fsp3) is 0.364. The molecule has 0 aliphatic carbocycles. The second-order valence-corrected chi connectivity index (χ2v) is 3.40. The fourth-order valence-corrected chi connectivity index (χ4v) is 1.57. The third kappa shape index (κ3) is 1.76. The van der Waals surface area contributed by atoms with Gasteiger partial charge in [-0.25, -0.2) is 4.98 Å². The SMILES string of the molecule is CCc1cc(-c2ncon2)c(C)nc1OC. The summed E-state index contributed by atoms with van der Waals surface area (Å²) in [5.74, 6) is 1.22. The van der Waals surface area contributed by atoms with Gasteiger partial charge in [0.05, 0.1) is 12.8 Å². The third-order valence-electron chi connectivity index (χ3n) is 2.43. The van der Waals surface area contributed by atoms with Gasteiger partial charge < -0.3 is 9.26 Å². The second kappa shape index (κ2) is 4.30. The summed E-state index contributed by atoms with van der Waals surface area (Å²) in [7, 11) is 1.62. The van der Waals surface area contributed by atoms with Crippen LogP contribution in [0.5, 0.6) is 5.88 Å². The van der Waals surface area contributed by atoms with Crippen molar-refractivity contribution >= 4 is 0 Å². The van der Waals surface area contributed by atoms with Crippen molar-refractivity contribution in [3.63, 3.8) is 0 Å². The van der Waals surface area contributed by atoms with Crippen molar-refractivity contribution in [2.75, 3.05) is 7.11 Å². The van der Waals surface area contributed by atoms with Crippen LogP contribution in [0.4, 0.5) is 0 Å². The fourth-order valence-electron chi connectivity index (χ4n) is 1.57. The molecule has 0 spiro atoms. The number of hydrogen-bond acceptors (Lipinski definition) is 5. The van der Waals surface area contributed by atoms with Crippen molar-refractivity contribution in [1.29, 1.82) is 0 Å². The summed E-state index contributed by atoms with van der Waals surface area (Å²) in [5.41, 5.74) is 2.75.